The van der Waals surface area contributed by atoms with Crippen LogP contribution in [-0.2, 0) is 14.3 Å². The molecule has 5 heteroatoms. The first-order valence-corrected chi connectivity index (χ1v) is 9.87. The molecule has 0 aromatic rings. The normalized spacial score (nSPS) is 45.2. The highest BCUT2D eigenvalue weighted by atomic mass is 19.1. The number of carbonyl (C=O) groups excluding carboxylic acids is 1. The third-order valence-corrected chi connectivity index (χ3v) is 6.64. The van der Waals surface area contributed by atoms with Crippen LogP contribution < -0.4 is 0 Å². The average Bonchev–Trinajstić information content (AvgIpc) is 3.13. The molecule has 0 bridgehead atoms. The second-order valence-corrected chi connectivity index (χ2v) is 8.65. The molecule has 0 spiro atoms. The van der Waals surface area contributed by atoms with E-state index in [0.717, 1.165) is 38.6 Å². The number of rotatable bonds is 2. The summed E-state index contributed by atoms with van der Waals surface area (Å²) in [7, 11) is 0. The first-order chi connectivity index (χ1) is 12.0. The Kier molecular flexibility index (Phi) is 4.65. The summed E-state index contributed by atoms with van der Waals surface area (Å²) in [5, 5.41) is 0. The van der Waals surface area contributed by atoms with Crippen molar-refractivity contribution in [3.05, 3.63) is 11.6 Å². The molecule has 3 aliphatic heterocycles. The quantitative estimate of drug-likeness (QED) is 0.435. The number of carbonyl (C=O) groups is 1. The molecule has 1 aliphatic carbocycles. The lowest BCUT2D eigenvalue weighted by atomic mass is 9.80. The van der Waals surface area contributed by atoms with Gasteiger partial charge in [0.15, 0.2) is 0 Å². The van der Waals surface area contributed by atoms with Crippen molar-refractivity contribution < 1.29 is 18.7 Å². The summed E-state index contributed by atoms with van der Waals surface area (Å²) in [5.74, 6) is -0.0635. The van der Waals surface area contributed by atoms with Crippen molar-refractivity contribution in [3.63, 3.8) is 0 Å². The maximum Gasteiger partial charge on any atom is 0.311 e. The number of hydrogen-bond donors (Lipinski definition) is 0. The van der Waals surface area contributed by atoms with E-state index >= 15 is 0 Å². The molecule has 0 radical (unpaired) electrons. The number of esters is 1. The van der Waals surface area contributed by atoms with Crippen molar-refractivity contribution in [2.75, 3.05) is 19.6 Å². The number of halogens is 1. The van der Waals surface area contributed by atoms with Crippen LogP contribution in [0.1, 0.15) is 52.4 Å². The predicted octanol–water partition coefficient (Wildman–Crippen LogP) is 3.26. The molecule has 25 heavy (non-hydrogen) atoms. The Bertz CT molecular complexity index is 565. The first-order valence-electron chi connectivity index (χ1n) is 9.87. The lowest BCUT2D eigenvalue weighted by Crippen LogP contribution is -2.42. The van der Waals surface area contributed by atoms with Gasteiger partial charge in [-0.1, -0.05) is 11.6 Å². The standard InChI is InChI=1S/C20H30FNO3/c1-13-5-3-9-20(2)18(25-20)17-15(8-7-13)16(19(23)24-17)12-22-10-4-6-14(21)11-22/h5,14-18H,3-4,6-12H2,1-2H3/t14?,15-,16-,17-,18+,20+/m0/s1. The summed E-state index contributed by atoms with van der Waals surface area (Å²) in [6.07, 6.45) is 6.96. The Hall–Kier alpha value is -0.940. The van der Waals surface area contributed by atoms with Crippen LogP contribution in [0.4, 0.5) is 4.39 Å². The van der Waals surface area contributed by atoms with Gasteiger partial charge in [-0.25, -0.2) is 4.39 Å². The Labute approximate surface area is 149 Å². The second kappa shape index (κ2) is 6.66. The number of fused-ring (bicyclic) bond motifs is 3. The molecule has 4 nitrogen and oxygen atoms in total. The molecule has 3 heterocycles. The van der Waals surface area contributed by atoms with Gasteiger partial charge in [-0.3, -0.25) is 9.69 Å². The summed E-state index contributed by atoms with van der Waals surface area (Å²) in [4.78, 5) is 14.8. The number of nitrogens with zero attached hydrogens (tertiary/aromatic N) is 1. The summed E-state index contributed by atoms with van der Waals surface area (Å²) < 4.78 is 25.6. The fraction of sp³-hybridized carbons (Fsp3) is 0.850. The van der Waals surface area contributed by atoms with Crippen molar-refractivity contribution >= 4 is 5.97 Å². The molecule has 0 saturated carbocycles. The monoisotopic (exact) mass is 351 g/mol. The van der Waals surface area contributed by atoms with Crippen molar-refractivity contribution in [2.45, 2.75) is 76.4 Å². The number of allylic oxidation sites excluding steroid dienone is 2. The van der Waals surface area contributed by atoms with Crippen LogP contribution in [0.5, 0.6) is 0 Å². The topological polar surface area (TPSA) is 42.1 Å². The fourth-order valence-corrected chi connectivity index (χ4v) is 4.99. The van der Waals surface area contributed by atoms with Gasteiger partial charge < -0.3 is 9.47 Å². The van der Waals surface area contributed by atoms with E-state index < -0.39 is 6.17 Å². The zero-order valence-corrected chi connectivity index (χ0v) is 15.4. The summed E-state index contributed by atoms with van der Waals surface area (Å²) in [6.45, 7) is 6.29. The maximum atomic E-state index is 13.7. The molecule has 0 aromatic heterocycles. The summed E-state index contributed by atoms with van der Waals surface area (Å²) in [5.41, 5.74) is 1.24. The van der Waals surface area contributed by atoms with Gasteiger partial charge in [0.25, 0.3) is 0 Å². The molecule has 6 atom stereocenters. The van der Waals surface area contributed by atoms with E-state index in [1.54, 1.807) is 0 Å². The lowest BCUT2D eigenvalue weighted by molar-refractivity contribution is -0.145. The van der Waals surface area contributed by atoms with Crippen LogP contribution >= 0.6 is 0 Å². The van der Waals surface area contributed by atoms with Gasteiger partial charge in [-0.2, -0.15) is 0 Å². The van der Waals surface area contributed by atoms with Crippen LogP contribution in [0, 0.1) is 11.8 Å². The van der Waals surface area contributed by atoms with Gasteiger partial charge in [0.2, 0.25) is 0 Å². The zero-order chi connectivity index (χ0) is 17.6. The molecule has 4 aliphatic rings. The molecule has 0 N–H and O–H groups in total. The fourth-order valence-electron chi connectivity index (χ4n) is 4.99. The zero-order valence-electron chi connectivity index (χ0n) is 15.4. The molecule has 0 aromatic carbocycles. The minimum atomic E-state index is -0.758. The third kappa shape index (κ3) is 3.50. The van der Waals surface area contributed by atoms with Crippen LogP contribution in [0.3, 0.4) is 0 Å². The largest absolute Gasteiger partial charge is 0.459 e. The van der Waals surface area contributed by atoms with Gasteiger partial charge in [0.05, 0.1) is 11.5 Å². The molecule has 0 amide bonds. The molecule has 3 saturated heterocycles. The Morgan fingerprint density at radius 1 is 1.40 bits per heavy atom. The second-order valence-electron chi connectivity index (χ2n) is 8.65. The van der Waals surface area contributed by atoms with Gasteiger partial charge in [0.1, 0.15) is 18.4 Å². The van der Waals surface area contributed by atoms with Crippen molar-refractivity contribution in [3.8, 4) is 0 Å². The van der Waals surface area contributed by atoms with Crippen LogP contribution in [0.2, 0.25) is 0 Å². The number of epoxide rings is 1. The summed E-state index contributed by atoms with van der Waals surface area (Å²) >= 11 is 0. The van der Waals surface area contributed by atoms with Gasteiger partial charge in [-0.15, -0.1) is 0 Å². The van der Waals surface area contributed by atoms with Gasteiger partial charge in [-0.05, 0) is 58.9 Å². The van der Waals surface area contributed by atoms with E-state index in [1.807, 2.05) is 0 Å². The van der Waals surface area contributed by atoms with E-state index in [9.17, 15) is 9.18 Å². The molecular formula is C20H30FNO3. The number of alkyl halides is 1. The molecule has 4 rings (SSSR count). The van der Waals surface area contributed by atoms with E-state index in [1.165, 1.54) is 5.57 Å². The maximum absolute atomic E-state index is 13.7. The van der Waals surface area contributed by atoms with E-state index in [4.69, 9.17) is 9.47 Å². The van der Waals surface area contributed by atoms with Crippen LogP contribution in [0.25, 0.3) is 0 Å². The van der Waals surface area contributed by atoms with E-state index in [2.05, 4.69) is 24.8 Å². The Balaban J connectivity index is 1.51. The first kappa shape index (κ1) is 17.5. The summed E-state index contributed by atoms with van der Waals surface area (Å²) in [6, 6.07) is 0. The molecule has 3 fully saturated rings. The lowest BCUT2D eigenvalue weighted by Gasteiger charge is -2.32. The van der Waals surface area contributed by atoms with Crippen LogP contribution in [0.15, 0.2) is 11.6 Å². The molecule has 140 valence electrons. The molecule has 1 unspecified atom stereocenters. The SMILES string of the molecule is CC1=CCC[C@@]2(C)O[C@@H]2[C@H]2OC(=O)[C@@H](CN3CCCC(F)C3)[C@@H]2CC1. The molecular weight excluding hydrogens is 321 g/mol. The van der Waals surface area contributed by atoms with Gasteiger partial charge >= 0.3 is 5.97 Å². The Morgan fingerprint density at radius 3 is 3.04 bits per heavy atom. The minimum Gasteiger partial charge on any atom is -0.459 e. The predicted molar refractivity (Wildman–Crippen MR) is 92.9 cm³/mol. The number of piperidine rings is 1. The highest BCUT2D eigenvalue weighted by Crippen LogP contribution is 2.50. The highest BCUT2D eigenvalue weighted by Gasteiger charge is 2.62. The van der Waals surface area contributed by atoms with E-state index in [-0.39, 0.29) is 35.6 Å². The Morgan fingerprint density at radius 2 is 2.24 bits per heavy atom. The minimum absolute atomic E-state index is 0.0357. The number of hydrogen-bond acceptors (Lipinski definition) is 4. The van der Waals surface area contributed by atoms with Crippen LogP contribution in [-0.4, -0.2) is 54.5 Å². The van der Waals surface area contributed by atoms with E-state index in [0.29, 0.717) is 19.5 Å². The van der Waals surface area contributed by atoms with Crippen molar-refractivity contribution in [1.29, 1.82) is 0 Å². The third-order valence-electron chi connectivity index (χ3n) is 6.64. The van der Waals surface area contributed by atoms with Gasteiger partial charge in [0, 0.05) is 19.0 Å². The number of likely N-dealkylation sites (tertiary alicyclic amines) is 1. The van der Waals surface area contributed by atoms with Crippen molar-refractivity contribution in [2.24, 2.45) is 11.8 Å². The smallest absolute Gasteiger partial charge is 0.311 e. The van der Waals surface area contributed by atoms with Crippen molar-refractivity contribution in [1.82, 2.24) is 4.90 Å². The average molecular weight is 351 g/mol. The number of ether oxygens (including phenoxy) is 2. The highest BCUT2D eigenvalue weighted by molar-refractivity contribution is 5.75.